The lowest BCUT2D eigenvalue weighted by Crippen LogP contribution is -2.22. The second-order valence-electron chi connectivity index (χ2n) is 4.07. The van der Waals surface area contributed by atoms with E-state index in [1.165, 1.54) is 19.8 Å². The van der Waals surface area contributed by atoms with Crippen LogP contribution in [0.5, 0.6) is 0 Å². The highest BCUT2D eigenvalue weighted by molar-refractivity contribution is 9.11. The number of hydrogen-bond acceptors (Lipinski definition) is 2. The SMILES string of the molecule is CCNC(c1ccccc1Br)c1cc(Br)sc1C. The molecule has 0 radical (unpaired) electrons. The molecule has 1 unspecified atom stereocenters. The van der Waals surface area contributed by atoms with E-state index in [0.29, 0.717) is 0 Å². The quantitative estimate of drug-likeness (QED) is 0.751. The Morgan fingerprint density at radius 1 is 1.22 bits per heavy atom. The van der Waals surface area contributed by atoms with Gasteiger partial charge in [-0.25, -0.2) is 0 Å². The fourth-order valence-corrected chi connectivity index (χ4v) is 4.31. The zero-order chi connectivity index (χ0) is 13.1. The van der Waals surface area contributed by atoms with E-state index in [9.17, 15) is 0 Å². The van der Waals surface area contributed by atoms with Crippen LogP contribution in [0.4, 0.5) is 0 Å². The van der Waals surface area contributed by atoms with Crippen LogP contribution in [-0.2, 0) is 0 Å². The van der Waals surface area contributed by atoms with Gasteiger partial charge in [0.15, 0.2) is 0 Å². The molecule has 0 bridgehead atoms. The molecule has 0 spiro atoms. The Labute approximate surface area is 129 Å². The Kier molecular flexibility index (Phi) is 5.01. The Morgan fingerprint density at radius 2 is 1.94 bits per heavy atom. The van der Waals surface area contributed by atoms with Gasteiger partial charge in [0, 0.05) is 9.35 Å². The minimum Gasteiger partial charge on any atom is -0.306 e. The maximum atomic E-state index is 3.65. The van der Waals surface area contributed by atoms with Gasteiger partial charge in [-0.05, 0) is 52.7 Å². The van der Waals surface area contributed by atoms with Gasteiger partial charge in [-0.2, -0.15) is 0 Å². The molecule has 1 atom stereocenters. The average Bonchev–Trinajstić information content (AvgIpc) is 2.66. The molecule has 1 nitrogen and oxygen atoms in total. The van der Waals surface area contributed by atoms with Crippen LogP contribution in [0.2, 0.25) is 0 Å². The Morgan fingerprint density at radius 3 is 2.50 bits per heavy atom. The van der Waals surface area contributed by atoms with Crippen molar-refractivity contribution in [1.82, 2.24) is 5.32 Å². The van der Waals surface area contributed by atoms with Gasteiger partial charge in [0.2, 0.25) is 0 Å². The van der Waals surface area contributed by atoms with Gasteiger partial charge in [0.1, 0.15) is 0 Å². The average molecular weight is 389 g/mol. The summed E-state index contributed by atoms with van der Waals surface area (Å²) in [6, 6.07) is 10.9. The summed E-state index contributed by atoms with van der Waals surface area (Å²) in [6.07, 6.45) is 0. The first kappa shape index (κ1) is 14.3. The van der Waals surface area contributed by atoms with Gasteiger partial charge >= 0.3 is 0 Å². The Hall–Kier alpha value is -0.160. The number of rotatable bonds is 4. The highest BCUT2D eigenvalue weighted by atomic mass is 79.9. The summed E-state index contributed by atoms with van der Waals surface area (Å²) in [6.45, 7) is 5.26. The van der Waals surface area contributed by atoms with Crippen molar-refractivity contribution in [1.29, 1.82) is 0 Å². The fourth-order valence-electron chi connectivity index (χ4n) is 2.05. The van der Waals surface area contributed by atoms with Crippen molar-refractivity contribution in [2.24, 2.45) is 0 Å². The lowest BCUT2D eigenvalue weighted by Gasteiger charge is -2.20. The first-order chi connectivity index (χ1) is 8.63. The highest BCUT2D eigenvalue weighted by Crippen LogP contribution is 2.35. The van der Waals surface area contributed by atoms with Crippen molar-refractivity contribution < 1.29 is 0 Å². The first-order valence-electron chi connectivity index (χ1n) is 5.87. The van der Waals surface area contributed by atoms with Gasteiger partial charge in [-0.1, -0.05) is 41.1 Å². The topological polar surface area (TPSA) is 12.0 Å². The molecule has 0 aliphatic rings. The van der Waals surface area contributed by atoms with Crippen LogP contribution in [0.15, 0.2) is 38.6 Å². The third kappa shape index (κ3) is 3.05. The number of aryl methyl sites for hydroxylation is 1. The van der Waals surface area contributed by atoms with E-state index in [-0.39, 0.29) is 6.04 Å². The molecule has 4 heteroatoms. The molecule has 0 fully saturated rings. The molecule has 1 aromatic carbocycles. The van der Waals surface area contributed by atoms with Crippen LogP contribution in [0.1, 0.15) is 29.0 Å². The van der Waals surface area contributed by atoms with Gasteiger partial charge in [0.25, 0.3) is 0 Å². The Balaban J connectivity index is 2.46. The molecule has 0 aliphatic heterocycles. The normalized spacial score (nSPS) is 12.7. The first-order valence-corrected chi connectivity index (χ1v) is 8.27. The molecule has 0 saturated heterocycles. The van der Waals surface area contributed by atoms with Crippen molar-refractivity contribution in [3.63, 3.8) is 0 Å². The van der Waals surface area contributed by atoms with Crippen molar-refractivity contribution in [2.45, 2.75) is 19.9 Å². The number of hydrogen-bond donors (Lipinski definition) is 1. The molecule has 1 aromatic heterocycles. The molecule has 0 saturated carbocycles. The molecule has 0 amide bonds. The largest absolute Gasteiger partial charge is 0.306 e. The zero-order valence-electron chi connectivity index (χ0n) is 10.3. The summed E-state index contributed by atoms with van der Waals surface area (Å²) in [4.78, 5) is 1.35. The lowest BCUT2D eigenvalue weighted by molar-refractivity contribution is 0.628. The molecule has 96 valence electrons. The van der Waals surface area contributed by atoms with Crippen LogP contribution in [0.25, 0.3) is 0 Å². The van der Waals surface area contributed by atoms with Gasteiger partial charge in [-0.15, -0.1) is 11.3 Å². The maximum absolute atomic E-state index is 3.65. The van der Waals surface area contributed by atoms with Crippen LogP contribution < -0.4 is 5.32 Å². The summed E-state index contributed by atoms with van der Waals surface area (Å²) < 4.78 is 2.34. The van der Waals surface area contributed by atoms with Crippen molar-refractivity contribution in [3.05, 3.63) is 54.6 Å². The van der Waals surface area contributed by atoms with Crippen LogP contribution in [0.3, 0.4) is 0 Å². The standard InChI is InChI=1S/C14H15Br2NS/c1-3-17-14(10-6-4-5-7-12(10)15)11-8-13(16)18-9(11)2/h4-8,14,17H,3H2,1-2H3. The molecule has 1 N–H and O–H groups in total. The minimum absolute atomic E-state index is 0.244. The molecule has 2 rings (SSSR count). The minimum atomic E-state index is 0.244. The summed E-state index contributed by atoms with van der Waals surface area (Å²) in [7, 11) is 0. The van der Waals surface area contributed by atoms with Gasteiger partial charge in [0.05, 0.1) is 9.83 Å². The van der Waals surface area contributed by atoms with E-state index in [4.69, 9.17) is 0 Å². The highest BCUT2D eigenvalue weighted by Gasteiger charge is 2.19. The molecular weight excluding hydrogens is 374 g/mol. The number of halogens is 2. The molecule has 1 heterocycles. The van der Waals surface area contributed by atoms with E-state index in [2.05, 4.69) is 75.3 Å². The number of nitrogens with one attached hydrogen (secondary N) is 1. The van der Waals surface area contributed by atoms with Crippen molar-refractivity contribution >= 4 is 43.2 Å². The second kappa shape index (κ2) is 6.33. The zero-order valence-corrected chi connectivity index (χ0v) is 14.3. The van der Waals surface area contributed by atoms with Gasteiger partial charge in [-0.3, -0.25) is 0 Å². The number of thiophene rings is 1. The van der Waals surface area contributed by atoms with E-state index in [1.807, 2.05) is 6.07 Å². The maximum Gasteiger partial charge on any atom is 0.0704 e. The molecular formula is C14H15Br2NS. The summed E-state index contributed by atoms with van der Waals surface area (Å²) in [5.41, 5.74) is 2.63. The fraction of sp³-hybridized carbons (Fsp3) is 0.286. The van der Waals surface area contributed by atoms with Crippen LogP contribution in [-0.4, -0.2) is 6.54 Å². The van der Waals surface area contributed by atoms with Crippen molar-refractivity contribution in [2.75, 3.05) is 6.54 Å². The monoisotopic (exact) mass is 387 g/mol. The van der Waals surface area contributed by atoms with E-state index in [1.54, 1.807) is 11.3 Å². The van der Waals surface area contributed by atoms with Crippen LogP contribution in [0, 0.1) is 6.92 Å². The molecule has 2 aromatic rings. The third-order valence-corrected chi connectivity index (χ3v) is 5.15. The van der Waals surface area contributed by atoms with Crippen LogP contribution >= 0.6 is 43.2 Å². The number of benzene rings is 1. The van der Waals surface area contributed by atoms with E-state index < -0.39 is 0 Å². The third-order valence-electron chi connectivity index (χ3n) is 2.86. The van der Waals surface area contributed by atoms with Crippen molar-refractivity contribution in [3.8, 4) is 0 Å². The predicted octanol–water partition coefficient (Wildman–Crippen LogP) is 5.28. The van der Waals surface area contributed by atoms with Gasteiger partial charge < -0.3 is 5.32 Å². The smallest absolute Gasteiger partial charge is 0.0704 e. The molecule has 18 heavy (non-hydrogen) atoms. The summed E-state index contributed by atoms with van der Waals surface area (Å²) >= 11 is 9.01. The van der Waals surface area contributed by atoms with E-state index >= 15 is 0 Å². The predicted molar refractivity (Wildman–Crippen MR) is 86.4 cm³/mol. The molecule has 0 aliphatic carbocycles. The second-order valence-corrected chi connectivity index (χ2v) is 7.56. The Bertz CT molecular complexity index is 536. The summed E-state index contributed by atoms with van der Waals surface area (Å²) in [5.74, 6) is 0. The lowest BCUT2D eigenvalue weighted by atomic mass is 9.99. The summed E-state index contributed by atoms with van der Waals surface area (Å²) in [5, 5.41) is 3.57. The van der Waals surface area contributed by atoms with E-state index in [0.717, 1.165) is 11.0 Å².